The van der Waals surface area contributed by atoms with Crippen molar-refractivity contribution in [2.24, 2.45) is 0 Å². The quantitative estimate of drug-likeness (QED) is 0.450. The van der Waals surface area contributed by atoms with Crippen LogP contribution in [0.1, 0.15) is 6.92 Å². The van der Waals surface area contributed by atoms with Crippen LogP contribution >= 0.6 is 11.8 Å². The molecule has 2 atom stereocenters. The zero-order chi connectivity index (χ0) is 5.28. The molecular formula is C4H7NOS. The van der Waals surface area contributed by atoms with Crippen LogP contribution in [0, 0.1) is 5.21 Å². The molecule has 0 bridgehead atoms. The van der Waals surface area contributed by atoms with E-state index in [-0.39, 0.29) is 10.4 Å². The topological polar surface area (TPSA) is 27.5 Å². The van der Waals surface area contributed by atoms with E-state index in [2.05, 4.69) is 0 Å². The van der Waals surface area contributed by atoms with Crippen LogP contribution in [-0.2, 0) is 0 Å². The highest BCUT2D eigenvalue weighted by Crippen LogP contribution is 2.08. The average Bonchev–Trinajstić information content (AvgIpc) is 1.91. The molecule has 3 heteroatoms. The minimum atomic E-state index is 0.181. The number of quaternary nitrogens is 1. The van der Waals surface area contributed by atoms with Gasteiger partial charge >= 0.3 is 0 Å². The standard InChI is InChI=1S/C4H7NOS/c1-4-5(6)2-3-7-4/h2-5H,1H3. The van der Waals surface area contributed by atoms with Gasteiger partial charge in [-0.2, -0.15) is 0 Å². The highest BCUT2D eigenvalue weighted by molar-refractivity contribution is 8.02. The number of thioether (sulfide) groups is 1. The van der Waals surface area contributed by atoms with Gasteiger partial charge in [0.2, 0.25) is 0 Å². The van der Waals surface area contributed by atoms with E-state index in [1.807, 2.05) is 12.3 Å². The Balaban J connectivity index is 2.45. The lowest BCUT2D eigenvalue weighted by Gasteiger charge is -2.16. The average molecular weight is 117 g/mol. The lowest BCUT2D eigenvalue weighted by Crippen LogP contribution is -3.04. The largest absolute Gasteiger partial charge is 0.628 e. The summed E-state index contributed by atoms with van der Waals surface area (Å²) in [6, 6.07) is 0. The predicted molar refractivity (Wildman–Crippen MR) is 30.5 cm³/mol. The molecule has 2 nitrogen and oxygen atoms in total. The molecule has 0 aromatic rings. The summed E-state index contributed by atoms with van der Waals surface area (Å²) >= 11 is 1.58. The van der Waals surface area contributed by atoms with E-state index in [4.69, 9.17) is 0 Å². The van der Waals surface area contributed by atoms with Crippen molar-refractivity contribution in [1.82, 2.24) is 0 Å². The molecule has 1 aliphatic heterocycles. The van der Waals surface area contributed by atoms with Crippen molar-refractivity contribution in [3.05, 3.63) is 16.8 Å². The second-order valence-electron chi connectivity index (χ2n) is 1.48. The summed E-state index contributed by atoms with van der Waals surface area (Å²) < 4.78 is 0. The first-order chi connectivity index (χ1) is 3.30. The summed E-state index contributed by atoms with van der Waals surface area (Å²) in [7, 11) is 0. The van der Waals surface area contributed by atoms with Crippen LogP contribution < -0.4 is 5.06 Å². The molecule has 0 aromatic carbocycles. The fourth-order valence-electron chi connectivity index (χ4n) is 0.427. The Labute approximate surface area is 46.8 Å². The lowest BCUT2D eigenvalue weighted by molar-refractivity contribution is -0.797. The van der Waals surface area contributed by atoms with Gasteiger partial charge in [-0.1, -0.05) is 11.8 Å². The van der Waals surface area contributed by atoms with E-state index in [1.165, 1.54) is 0 Å². The molecular weight excluding hydrogens is 110 g/mol. The van der Waals surface area contributed by atoms with E-state index < -0.39 is 0 Å². The van der Waals surface area contributed by atoms with Crippen LogP contribution in [0.25, 0.3) is 0 Å². The number of nitrogens with one attached hydrogen (secondary N) is 1. The van der Waals surface area contributed by atoms with E-state index >= 15 is 0 Å². The van der Waals surface area contributed by atoms with Crippen molar-refractivity contribution >= 4 is 11.8 Å². The summed E-state index contributed by atoms with van der Waals surface area (Å²) in [5.74, 6) is 0. The van der Waals surface area contributed by atoms with Gasteiger partial charge in [-0.25, -0.2) is 0 Å². The van der Waals surface area contributed by atoms with Gasteiger partial charge in [-0.3, -0.25) is 0 Å². The second-order valence-corrected chi connectivity index (χ2v) is 2.73. The first-order valence-electron chi connectivity index (χ1n) is 2.16. The summed E-state index contributed by atoms with van der Waals surface area (Å²) in [5, 5.41) is 12.7. The van der Waals surface area contributed by atoms with Crippen molar-refractivity contribution in [2.45, 2.75) is 12.3 Å². The Bertz CT molecular complexity index is 93.7. The number of hydrogen-bond donors (Lipinski definition) is 1. The fraction of sp³-hybridized carbons (Fsp3) is 0.500. The van der Waals surface area contributed by atoms with Crippen molar-refractivity contribution in [3.63, 3.8) is 0 Å². The minimum absolute atomic E-state index is 0.181. The van der Waals surface area contributed by atoms with Crippen LogP contribution in [0.15, 0.2) is 11.6 Å². The zero-order valence-electron chi connectivity index (χ0n) is 4.05. The van der Waals surface area contributed by atoms with Crippen LogP contribution in [0.2, 0.25) is 0 Å². The van der Waals surface area contributed by atoms with Gasteiger partial charge in [0.05, 0.1) is 0 Å². The second kappa shape index (κ2) is 1.86. The van der Waals surface area contributed by atoms with Crippen LogP contribution in [-0.4, -0.2) is 5.37 Å². The molecule has 0 aliphatic carbocycles. The van der Waals surface area contributed by atoms with E-state index in [9.17, 15) is 5.21 Å². The Morgan fingerprint density at radius 1 is 1.86 bits per heavy atom. The van der Waals surface area contributed by atoms with Crippen molar-refractivity contribution in [2.75, 3.05) is 0 Å². The molecule has 1 aliphatic rings. The van der Waals surface area contributed by atoms with Crippen molar-refractivity contribution in [1.29, 1.82) is 0 Å². The SMILES string of the molecule is CC1SC=C[NH+]1[O-]. The maximum Gasteiger partial charge on any atom is 0.139 e. The minimum Gasteiger partial charge on any atom is -0.628 e. The maximum atomic E-state index is 10.5. The summed E-state index contributed by atoms with van der Waals surface area (Å²) in [6.07, 6.45) is 1.62. The molecule has 0 saturated heterocycles. The summed E-state index contributed by atoms with van der Waals surface area (Å²) in [4.78, 5) is 0. The predicted octanol–water partition coefficient (Wildman–Crippen LogP) is -0.0669. The van der Waals surface area contributed by atoms with Gasteiger partial charge in [0, 0.05) is 5.41 Å². The van der Waals surface area contributed by atoms with Crippen LogP contribution in [0.4, 0.5) is 0 Å². The summed E-state index contributed by atoms with van der Waals surface area (Å²) in [6.45, 7) is 1.91. The molecule has 0 amide bonds. The van der Waals surface area contributed by atoms with Crippen molar-refractivity contribution < 1.29 is 5.06 Å². The Kier molecular flexibility index (Phi) is 1.37. The van der Waals surface area contributed by atoms with Gasteiger partial charge in [0.15, 0.2) is 0 Å². The molecule has 40 valence electrons. The first kappa shape index (κ1) is 5.15. The zero-order valence-corrected chi connectivity index (χ0v) is 4.87. The monoisotopic (exact) mass is 117 g/mol. The molecule has 1 heterocycles. The highest BCUT2D eigenvalue weighted by Gasteiger charge is 2.10. The number of hydrogen-bond acceptors (Lipinski definition) is 2. The third kappa shape index (κ3) is 0.964. The Hall–Kier alpha value is 0.01000. The fourth-order valence-corrected chi connectivity index (χ4v) is 1.09. The summed E-state index contributed by atoms with van der Waals surface area (Å²) in [5.41, 5.74) is 0. The first-order valence-corrected chi connectivity index (χ1v) is 3.11. The Morgan fingerprint density at radius 2 is 2.57 bits per heavy atom. The van der Waals surface area contributed by atoms with Gasteiger partial charge in [-0.15, -0.1) is 0 Å². The molecule has 0 spiro atoms. The lowest BCUT2D eigenvalue weighted by atomic mass is 10.7. The van der Waals surface area contributed by atoms with Gasteiger partial charge in [0.1, 0.15) is 11.6 Å². The molecule has 7 heavy (non-hydrogen) atoms. The van der Waals surface area contributed by atoms with Gasteiger partial charge in [-0.05, 0) is 6.92 Å². The maximum absolute atomic E-state index is 10.5. The molecule has 0 fully saturated rings. The van der Waals surface area contributed by atoms with E-state index in [0.29, 0.717) is 0 Å². The molecule has 0 aromatic heterocycles. The normalized spacial score (nSPS) is 39.7. The molecule has 0 saturated carbocycles. The number of rotatable bonds is 0. The van der Waals surface area contributed by atoms with Gasteiger partial charge < -0.3 is 10.3 Å². The van der Waals surface area contributed by atoms with Crippen LogP contribution in [0.5, 0.6) is 0 Å². The van der Waals surface area contributed by atoms with Crippen LogP contribution in [0.3, 0.4) is 0 Å². The molecule has 0 radical (unpaired) electrons. The van der Waals surface area contributed by atoms with E-state index in [0.717, 1.165) is 0 Å². The smallest absolute Gasteiger partial charge is 0.139 e. The molecule has 1 N–H and O–H groups in total. The third-order valence-electron chi connectivity index (χ3n) is 0.916. The molecule has 1 rings (SSSR count). The third-order valence-corrected chi connectivity index (χ3v) is 1.85. The van der Waals surface area contributed by atoms with Crippen molar-refractivity contribution in [3.8, 4) is 0 Å². The highest BCUT2D eigenvalue weighted by atomic mass is 32.2. The van der Waals surface area contributed by atoms with E-state index in [1.54, 1.807) is 18.0 Å². The Morgan fingerprint density at radius 3 is 2.71 bits per heavy atom. The molecule has 2 unspecified atom stereocenters. The van der Waals surface area contributed by atoms with Gasteiger partial charge in [0.25, 0.3) is 0 Å². The number of hydroxylamine groups is 2.